The minimum absolute atomic E-state index is 0.259. The van der Waals surface area contributed by atoms with E-state index in [4.69, 9.17) is 0 Å². The average molecular weight is 229 g/mol. The van der Waals surface area contributed by atoms with Gasteiger partial charge >= 0.3 is 0 Å². The van der Waals surface area contributed by atoms with Crippen LogP contribution in [0, 0.1) is 0 Å². The maximum atomic E-state index is 9.23. The average Bonchev–Trinajstić information content (AvgIpc) is 2.81. The fourth-order valence-electron chi connectivity index (χ4n) is 1.92. The minimum atomic E-state index is 0.259. The van der Waals surface area contributed by atoms with Crippen molar-refractivity contribution in [2.45, 2.75) is 0 Å². The lowest BCUT2D eigenvalue weighted by Gasteiger charge is -2.22. The standard InChI is InChI=1S/C12H12N4O/c1-16-11(6-7-14-16)13-8-12(16)15-9-2-4-10(17)5-3-9/h2-8,15H,1H3,(H-,13,14,17)/p+1. The maximum Gasteiger partial charge on any atom is 0.255 e. The van der Waals surface area contributed by atoms with Crippen LogP contribution in [0.1, 0.15) is 0 Å². The lowest BCUT2D eigenvalue weighted by atomic mass is 10.3. The summed E-state index contributed by atoms with van der Waals surface area (Å²) in [6.45, 7) is 0. The van der Waals surface area contributed by atoms with Crippen molar-refractivity contribution in [1.29, 1.82) is 0 Å². The Labute approximate surface area is 99.0 Å². The second-order valence-electron chi connectivity index (χ2n) is 4.12. The molecule has 0 saturated heterocycles. The van der Waals surface area contributed by atoms with Crippen molar-refractivity contribution >= 4 is 11.9 Å². The van der Waals surface area contributed by atoms with Crippen LogP contribution in [0.2, 0.25) is 0 Å². The second kappa shape index (κ2) is 3.36. The highest BCUT2D eigenvalue weighted by atomic mass is 16.3. The van der Waals surface area contributed by atoms with Crippen LogP contribution in [-0.4, -0.2) is 23.0 Å². The summed E-state index contributed by atoms with van der Waals surface area (Å²) in [4.78, 5) is 0. The molecular formula is C12H13N4O+. The minimum Gasteiger partial charge on any atom is -0.508 e. The smallest absolute Gasteiger partial charge is 0.255 e. The number of hydrogen-bond donors (Lipinski definition) is 3. The van der Waals surface area contributed by atoms with Crippen molar-refractivity contribution in [2.24, 2.45) is 5.10 Å². The number of aromatic hydroxyl groups is 1. The van der Waals surface area contributed by atoms with Crippen LogP contribution in [0.3, 0.4) is 0 Å². The molecule has 2 heterocycles. The first-order valence-electron chi connectivity index (χ1n) is 5.35. The van der Waals surface area contributed by atoms with Gasteiger partial charge in [0.2, 0.25) is 5.82 Å². The zero-order valence-corrected chi connectivity index (χ0v) is 9.38. The first kappa shape index (κ1) is 9.92. The number of rotatable bonds is 2. The number of nitrogens with zero attached hydrogens (tertiary/aromatic N) is 2. The number of phenolic OH excluding ortho intramolecular Hbond substituents is 1. The molecule has 3 N–H and O–H groups in total. The van der Waals surface area contributed by atoms with Crippen molar-refractivity contribution in [1.82, 2.24) is 5.32 Å². The first-order chi connectivity index (χ1) is 8.18. The summed E-state index contributed by atoms with van der Waals surface area (Å²) in [5.74, 6) is 2.22. The van der Waals surface area contributed by atoms with E-state index in [9.17, 15) is 5.11 Å². The van der Waals surface area contributed by atoms with E-state index in [0.29, 0.717) is 4.59 Å². The topological polar surface area (TPSA) is 56.7 Å². The van der Waals surface area contributed by atoms with Gasteiger partial charge in [-0.25, -0.2) is 0 Å². The zero-order chi connectivity index (χ0) is 11.9. The normalized spacial score (nSPS) is 25.0. The van der Waals surface area contributed by atoms with Crippen molar-refractivity contribution < 1.29 is 9.70 Å². The van der Waals surface area contributed by atoms with Gasteiger partial charge in [-0.05, 0) is 24.3 Å². The molecule has 5 nitrogen and oxygen atoms in total. The lowest BCUT2D eigenvalue weighted by Crippen LogP contribution is -2.35. The van der Waals surface area contributed by atoms with Crippen molar-refractivity contribution in [2.75, 3.05) is 12.4 Å². The van der Waals surface area contributed by atoms with Gasteiger partial charge < -0.3 is 15.7 Å². The van der Waals surface area contributed by atoms with Gasteiger partial charge in [0.25, 0.3) is 5.82 Å². The summed E-state index contributed by atoms with van der Waals surface area (Å²) in [6, 6.07) is 6.94. The fourth-order valence-corrected chi connectivity index (χ4v) is 1.92. The fraction of sp³-hybridized carbons (Fsp3) is 0.0833. The van der Waals surface area contributed by atoms with Crippen LogP contribution < -0.4 is 10.6 Å². The molecule has 17 heavy (non-hydrogen) atoms. The van der Waals surface area contributed by atoms with Crippen LogP contribution >= 0.6 is 0 Å². The molecule has 3 rings (SSSR count). The first-order valence-corrected chi connectivity index (χ1v) is 5.35. The van der Waals surface area contributed by atoms with Gasteiger partial charge in [-0.3, -0.25) is 0 Å². The molecule has 0 amide bonds. The number of anilines is 1. The third kappa shape index (κ3) is 1.48. The Bertz CT molecular complexity index is 544. The molecule has 0 fully saturated rings. The van der Waals surface area contributed by atoms with Gasteiger partial charge in [-0.2, -0.15) is 0 Å². The largest absolute Gasteiger partial charge is 0.508 e. The summed E-state index contributed by atoms with van der Waals surface area (Å²) in [5, 5.41) is 20.1. The summed E-state index contributed by atoms with van der Waals surface area (Å²) in [7, 11) is 1.99. The van der Waals surface area contributed by atoms with Gasteiger partial charge in [0, 0.05) is 11.8 Å². The highest BCUT2D eigenvalue weighted by Crippen LogP contribution is 2.30. The summed E-state index contributed by atoms with van der Waals surface area (Å²) in [6.07, 6.45) is 5.63. The molecule has 0 radical (unpaired) electrons. The molecule has 1 aromatic carbocycles. The number of nitrogens with one attached hydrogen (secondary N) is 2. The summed E-state index contributed by atoms with van der Waals surface area (Å²) in [5.41, 5.74) is 0.915. The Morgan fingerprint density at radius 3 is 2.82 bits per heavy atom. The number of benzene rings is 1. The van der Waals surface area contributed by atoms with E-state index >= 15 is 0 Å². The second-order valence-corrected chi connectivity index (χ2v) is 4.12. The predicted molar refractivity (Wildman–Crippen MR) is 65.7 cm³/mol. The van der Waals surface area contributed by atoms with Crippen molar-refractivity contribution in [3.8, 4) is 5.75 Å². The Morgan fingerprint density at radius 1 is 1.29 bits per heavy atom. The summed E-state index contributed by atoms with van der Waals surface area (Å²) >= 11 is 0. The van der Waals surface area contributed by atoms with Crippen molar-refractivity contribution in [3.63, 3.8) is 0 Å². The predicted octanol–water partition coefficient (Wildman–Crippen LogP) is 1.49. The van der Waals surface area contributed by atoms with Gasteiger partial charge in [0.15, 0.2) is 0 Å². The van der Waals surface area contributed by atoms with E-state index in [1.165, 1.54) is 0 Å². The Hall–Kier alpha value is -2.27. The number of quaternary nitrogens is 1. The molecule has 1 atom stereocenters. The SMILES string of the molecule is C[N+]12N=CC=C1NC=C2Nc1ccc(O)cc1. The van der Waals surface area contributed by atoms with E-state index in [-0.39, 0.29) is 5.75 Å². The Balaban J connectivity index is 1.85. The monoisotopic (exact) mass is 229 g/mol. The number of hydrogen-bond acceptors (Lipinski definition) is 4. The summed E-state index contributed by atoms with van der Waals surface area (Å²) < 4.78 is 0.376. The zero-order valence-electron chi connectivity index (χ0n) is 9.38. The van der Waals surface area contributed by atoms with E-state index in [1.807, 2.05) is 31.5 Å². The molecular weight excluding hydrogens is 216 g/mol. The van der Waals surface area contributed by atoms with E-state index < -0.39 is 0 Å². The number of phenols is 1. The van der Waals surface area contributed by atoms with Crippen LogP contribution in [0.25, 0.3) is 0 Å². The Kier molecular flexibility index (Phi) is 1.96. The highest BCUT2D eigenvalue weighted by molar-refractivity contribution is 5.73. The molecule has 0 bridgehead atoms. The molecule has 1 aromatic rings. The number of allylic oxidation sites excluding steroid dienone is 1. The molecule has 2 aliphatic heterocycles. The van der Waals surface area contributed by atoms with E-state index in [2.05, 4.69) is 15.7 Å². The highest BCUT2D eigenvalue weighted by Gasteiger charge is 2.41. The Morgan fingerprint density at radius 2 is 2.06 bits per heavy atom. The maximum absolute atomic E-state index is 9.23. The lowest BCUT2D eigenvalue weighted by molar-refractivity contribution is -0.834. The van der Waals surface area contributed by atoms with Crippen molar-refractivity contribution in [3.05, 3.63) is 48.2 Å². The van der Waals surface area contributed by atoms with E-state index in [0.717, 1.165) is 17.3 Å². The van der Waals surface area contributed by atoms with Gasteiger partial charge in [-0.15, -0.1) is 4.59 Å². The molecule has 5 heteroatoms. The molecule has 2 aliphatic rings. The van der Waals surface area contributed by atoms with Crippen LogP contribution in [-0.2, 0) is 0 Å². The quantitative estimate of drug-likeness (QED) is 0.532. The molecule has 1 unspecified atom stereocenters. The van der Waals surface area contributed by atoms with Gasteiger partial charge in [0.1, 0.15) is 12.8 Å². The van der Waals surface area contributed by atoms with Gasteiger partial charge in [0.05, 0.1) is 12.4 Å². The molecule has 0 spiro atoms. The van der Waals surface area contributed by atoms with Crippen LogP contribution in [0.15, 0.2) is 53.3 Å². The van der Waals surface area contributed by atoms with Crippen LogP contribution in [0.4, 0.5) is 5.69 Å². The molecule has 0 saturated carbocycles. The van der Waals surface area contributed by atoms with E-state index in [1.54, 1.807) is 18.3 Å². The van der Waals surface area contributed by atoms with Gasteiger partial charge in [-0.1, -0.05) is 5.10 Å². The third-order valence-electron chi connectivity index (χ3n) is 2.96. The van der Waals surface area contributed by atoms with Crippen LogP contribution in [0.5, 0.6) is 5.75 Å². The molecule has 0 aromatic heterocycles. The molecule has 0 aliphatic carbocycles. The molecule has 86 valence electrons. The number of fused-ring (bicyclic) bond motifs is 1. The third-order valence-corrected chi connectivity index (χ3v) is 2.96.